The average molecular weight is 517 g/mol. The summed E-state index contributed by atoms with van der Waals surface area (Å²) in [6, 6.07) is 22.8. The highest BCUT2D eigenvalue weighted by molar-refractivity contribution is 7.80. The monoisotopic (exact) mass is 516 g/mol. The number of thiocarbonyl (C=S) groups is 1. The van der Waals surface area contributed by atoms with Gasteiger partial charge in [-0.05, 0) is 86.2 Å². The molecule has 1 aliphatic heterocycles. The summed E-state index contributed by atoms with van der Waals surface area (Å²) in [6.45, 7) is 4.10. The third-order valence-corrected chi connectivity index (χ3v) is 7.11. The molecule has 3 heterocycles. The second kappa shape index (κ2) is 9.76. The zero-order valence-corrected chi connectivity index (χ0v) is 21.7. The third-order valence-electron chi connectivity index (χ3n) is 6.54. The van der Waals surface area contributed by atoms with E-state index in [1.165, 1.54) is 7.11 Å². The number of hydrogen-bond acceptors (Lipinski definition) is 4. The number of hydrogen-bond donors (Lipinski definition) is 1. The number of carbonyl (C=O) groups excluding carboxylic acids is 1. The maximum Gasteiger partial charge on any atom is 0.339 e. The third kappa shape index (κ3) is 4.14. The molecule has 8 heteroatoms. The summed E-state index contributed by atoms with van der Waals surface area (Å²) in [7, 11) is 1.40. The number of rotatable bonds is 5. The van der Waals surface area contributed by atoms with Crippen molar-refractivity contribution >= 4 is 40.6 Å². The van der Waals surface area contributed by atoms with Crippen LogP contribution in [0, 0.1) is 13.8 Å². The van der Waals surface area contributed by atoms with Gasteiger partial charge in [-0.15, -0.1) is 0 Å². The molecule has 1 aliphatic rings. The number of ether oxygens (including phenoxy) is 1. The smallest absolute Gasteiger partial charge is 0.339 e. The molecule has 0 amide bonds. The van der Waals surface area contributed by atoms with Crippen LogP contribution in [0.5, 0.6) is 0 Å². The zero-order chi connectivity index (χ0) is 25.4. The number of nitrogens with zero attached hydrogens (tertiary/aromatic N) is 3. The summed E-state index contributed by atoms with van der Waals surface area (Å²) in [6.07, 6.45) is 1.79. The first-order valence-electron chi connectivity index (χ1n) is 11.5. The van der Waals surface area contributed by atoms with Crippen LogP contribution in [0.25, 0.3) is 5.69 Å². The molecule has 2 aromatic heterocycles. The summed E-state index contributed by atoms with van der Waals surface area (Å²) >= 11 is 12.0. The van der Waals surface area contributed by atoms with Crippen molar-refractivity contribution in [2.45, 2.75) is 25.9 Å². The van der Waals surface area contributed by atoms with E-state index in [9.17, 15) is 4.79 Å². The summed E-state index contributed by atoms with van der Waals surface area (Å²) in [5, 5.41) is 4.76. The summed E-state index contributed by atoms with van der Waals surface area (Å²) < 4.78 is 7.15. The number of benzene rings is 2. The standard InChI is InChI=1S/C28H25ClN4O2S/c1-17-16-22(18(2)32(17)24-10-5-4-8-21(24)27(34)35-3)26-25(23-9-6-7-15-30-23)31-28(36)33(26)20-13-11-19(29)12-14-20/h4-16,25-26H,1-3H3,(H,31,36)/t25-,26+/m0/s1. The minimum absolute atomic E-state index is 0.181. The lowest BCUT2D eigenvalue weighted by Crippen LogP contribution is -2.29. The Morgan fingerprint density at radius 3 is 2.47 bits per heavy atom. The number of pyridine rings is 1. The van der Waals surface area contributed by atoms with E-state index in [0.29, 0.717) is 15.7 Å². The fourth-order valence-electron chi connectivity index (χ4n) is 4.96. The van der Waals surface area contributed by atoms with Crippen LogP contribution in [-0.2, 0) is 4.74 Å². The first-order chi connectivity index (χ1) is 17.4. The van der Waals surface area contributed by atoms with Crippen LogP contribution >= 0.6 is 23.8 Å². The lowest BCUT2D eigenvalue weighted by atomic mass is 9.96. The van der Waals surface area contributed by atoms with Crippen molar-refractivity contribution in [3.8, 4) is 5.69 Å². The number of anilines is 1. The molecule has 1 N–H and O–H groups in total. The SMILES string of the molecule is COC(=O)c1ccccc1-n1c(C)cc([C@@H]2[C@H](c3ccccn3)NC(=S)N2c2ccc(Cl)cc2)c1C. The van der Waals surface area contributed by atoms with Crippen LogP contribution in [0.2, 0.25) is 5.02 Å². The van der Waals surface area contributed by atoms with Gasteiger partial charge in [0.1, 0.15) is 0 Å². The van der Waals surface area contributed by atoms with E-state index in [0.717, 1.165) is 34.0 Å². The van der Waals surface area contributed by atoms with Gasteiger partial charge >= 0.3 is 5.97 Å². The Morgan fingerprint density at radius 2 is 1.78 bits per heavy atom. The Bertz CT molecular complexity index is 1440. The second-order valence-electron chi connectivity index (χ2n) is 8.64. The molecule has 1 fully saturated rings. The molecule has 0 saturated carbocycles. The number of esters is 1. The maximum absolute atomic E-state index is 12.5. The molecular weight excluding hydrogens is 492 g/mol. The molecule has 0 aliphatic carbocycles. The Balaban J connectivity index is 1.69. The first-order valence-corrected chi connectivity index (χ1v) is 12.3. The highest BCUT2D eigenvalue weighted by Gasteiger charge is 2.42. The lowest BCUT2D eigenvalue weighted by molar-refractivity contribution is 0.0600. The van der Waals surface area contributed by atoms with Gasteiger partial charge < -0.3 is 19.5 Å². The number of halogens is 1. The number of nitrogens with one attached hydrogen (secondary N) is 1. The van der Waals surface area contributed by atoms with Crippen LogP contribution < -0.4 is 10.2 Å². The molecule has 0 radical (unpaired) electrons. The summed E-state index contributed by atoms with van der Waals surface area (Å²) in [5.41, 5.74) is 6.16. The van der Waals surface area contributed by atoms with Crippen molar-refractivity contribution in [3.05, 3.63) is 112 Å². The van der Waals surface area contributed by atoms with Gasteiger partial charge in [0.2, 0.25) is 0 Å². The Morgan fingerprint density at radius 1 is 1.06 bits per heavy atom. The van der Waals surface area contributed by atoms with E-state index in [1.807, 2.05) is 67.6 Å². The topological polar surface area (TPSA) is 59.4 Å². The Labute approximate surface area is 220 Å². The van der Waals surface area contributed by atoms with Gasteiger partial charge in [0.25, 0.3) is 0 Å². The van der Waals surface area contributed by atoms with E-state index in [2.05, 4.69) is 32.8 Å². The first kappa shape index (κ1) is 24.0. The number of carbonyl (C=O) groups is 1. The number of aryl methyl sites for hydroxylation is 1. The highest BCUT2D eigenvalue weighted by atomic mass is 35.5. The highest BCUT2D eigenvalue weighted by Crippen LogP contribution is 2.44. The second-order valence-corrected chi connectivity index (χ2v) is 9.47. The zero-order valence-electron chi connectivity index (χ0n) is 20.1. The van der Waals surface area contributed by atoms with Gasteiger partial charge in [-0.1, -0.05) is 29.8 Å². The number of methoxy groups -OCH3 is 1. The van der Waals surface area contributed by atoms with Gasteiger partial charge in [-0.25, -0.2) is 4.79 Å². The van der Waals surface area contributed by atoms with Crippen molar-refractivity contribution in [2.75, 3.05) is 12.0 Å². The predicted molar refractivity (Wildman–Crippen MR) is 146 cm³/mol. The van der Waals surface area contributed by atoms with E-state index < -0.39 is 0 Å². The summed E-state index contributed by atoms with van der Waals surface area (Å²) in [4.78, 5) is 19.3. The minimum Gasteiger partial charge on any atom is -0.465 e. The molecule has 6 nitrogen and oxygen atoms in total. The van der Waals surface area contributed by atoms with E-state index in [4.69, 9.17) is 28.6 Å². The molecule has 0 spiro atoms. The van der Waals surface area contributed by atoms with Gasteiger partial charge in [-0.3, -0.25) is 4.98 Å². The van der Waals surface area contributed by atoms with Gasteiger partial charge in [0, 0.05) is 28.3 Å². The fraction of sp³-hybridized carbons (Fsp3) is 0.179. The largest absolute Gasteiger partial charge is 0.465 e. The molecule has 182 valence electrons. The van der Waals surface area contributed by atoms with E-state index in [1.54, 1.807) is 12.3 Å². The van der Waals surface area contributed by atoms with Crippen LogP contribution in [0.3, 0.4) is 0 Å². The van der Waals surface area contributed by atoms with Crippen molar-refractivity contribution in [1.82, 2.24) is 14.9 Å². The molecule has 2 atom stereocenters. The summed E-state index contributed by atoms with van der Waals surface area (Å²) in [5.74, 6) is -0.377. The van der Waals surface area contributed by atoms with Crippen LogP contribution in [0.15, 0.2) is 79.0 Å². The molecule has 2 aromatic carbocycles. The predicted octanol–water partition coefficient (Wildman–Crippen LogP) is 6.11. The fourth-order valence-corrected chi connectivity index (χ4v) is 5.43. The maximum atomic E-state index is 12.5. The molecule has 0 unspecified atom stereocenters. The lowest BCUT2D eigenvalue weighted by Gasteiger charge is -2.28. The van der Waals surface area contributed by atoms with Crippen molar-refractivity contribution in [1.29, 1.82) is 0 Å². The molecular formula is C28H25ClN4O2S. The van der Waals surface area contributed by atoms with Gasteiger partial charge in [0.05, 0.1) is 36.1 Å². The minimum atomic E-state index is -0.377. The normalized spacial score (nSPS) is 17.2. The van der Waals surface area contributed by atoms with Gasteiger partial charge in [0.15, 0.2) is 5.11 Å². The number of para-hydroxylation sites is 1. The van der Waals surface area contributed by atoms with Crippen molar-refractivity contribution in [3.63, 3.8) is 0 Å². The van der Waals surface area contributed by atoms with E-state index >= 15 is 0 Å². The van der Waals surface area contributed by atoms with Crippen LogP contribution in [0.1, 0.15) is 45.1 Å². The average Bonchev–Trinajstić information content (AvgIpc) is 3.39. The van der Waals surface area contributed by atoms with E-state index in [-0.39, 0.29) is 18.1 Å². The Kier molecular flexibility index (Phi) is 6.51. The molecule has 36 heavy (non-hydrogen) atoms. The Hall–Kier alpha value is -3.68. The quantitative estimate of drug-likeness (QED) is 0.255. The molecule has 1 saturated heterocycles. The van der Waals surface area contributed by atoms with Crippen LogP contribution in [-0.4, -0.2) is 27.7 Å². The molecule has 4 aromatic rings. The van der Waals surface area contributed by atoms with Crippen molar-refractivity contribution in [2.24, 2.45) is 0 Å². The molecule has 5 rings (SSSR count). The molecule has 0 bridgehead atoms. The van der Waals surface area contributed by atoms with Crippen LogP contribution in [0.4, 0.5) is 5.69 Å². The van der Waals surface area contributed by atoms with Gasteiger partial charge in [-0.2, -0.15) is 0 Å². The van der Waals surface area contributed by atoms with Crippen molar-refractivity contribution < 1.29 is 9.53 Å². The number of aromatic nitrogens is 2.